The van der Waals surface area contributed by atoms with Gasteiger partial charge in [-0.05, 0) is 44.4 Å². The molecular formula is C18H21N3O. The Kier molecular flexibility index (Phi) is 4.09. The van der Waals surface area contributed by atoms with Crippen LogP contribution in [-0.4, -0.2) is 24.0 Å². The minimum absolute atomic E-state index is 0.111. The van der Waals surface area contributed by atoms with E-state index in [-0.39, 0.29) is 5.91 Å². The number of hydrogen-bond donors (Lipinski definition) is 1. The molecule has 1 fully saturated rings. The molecule has 0 radical (unpaired) electrons. The maximum atomic E-state index is 12.4. The van der Waals surface area contributed by atoms with Gasteiger partial charge in [0.25, 0.3) is 5.91 Å². The van der Waals surface area contributed by atoms with Crippen molar-refractivity contribution in [2.75, 3.05) is 23.3 Å². The van der Waals surface area contributed by atoms with Gasteiger partial charge in [0.15, 0.2) is 0 Å². The summed E-state index contributed by atoms with van der Waals surface area (Å²) in [5, 5.41) is 2.97. The van der Waals surface area contributed by atoms with Crippen LogP contribution in [0.15, 0.2) is 36.7 Å². The average molecular weight is 295 g/mol. The van der Waals surface area contributed by atoms with Crippen LogP contribution in [-0.2, 0) is 0 Å². The lowest BCUT2D eigenvalue weighted by Gasteiger charge is -2.17. The van der Waals surface area contributed by atoms with Gasteiger partial charge in [-0.15, -0.1) is 0 Å². The molecule has 1 amide bonds. The zero-order valence-electron chi connectivity index (χ0n) is 13.1. The molecule has 114 valence electrons. The number of nitrogens with zero attached hydrogens (tertiary/aromatic N) is 2. The standard InChI is InChI=1S/C18H21N3O/c1-13-5-6-17(14(2)9-13)20-18(22)15-10-16(12-19-11-15)21-7-3-4-8-21/h5-6,9-12H,3-4,7-8H2,1-2H3,(H,20,22). The Morgan fingerprint density at radius 2 is 1.91 bits per heavy atom. The molecule has 1 aliphatic heterocycles. The molecule has 2 heterocycles. The van der Waals surface area contributed by atoms with Crippen LogP contribution < -0.4 is 10.2 Å². The Morgan fingerprint density at radius 3 is 2.64 bits per heavy atom. The number of rotatable bonds is 3. The number of pyridine rings is 1. The summed E-state index contributed by atoms with van der Waals surface area (Å²) in [5.74, 6) is -0.111. The fourth-order valence-corrected chi connectivity index (χ4v) is 2.85. The van der Waals surface area contributed by atoms with E-state index in [2.05, 4.69) is 21.3 Å². The number of anilines is 2. The number of nitrogens with one attached hydrogen (secondary N) is 1. The Hall–Kier alpha value is -2.36. The van der Waals surface area contributed by atoms with Crippen molar-refractivity contribution < 1.29 is 4.79 Å². The monoisotopic (exact) mass is 295 g/mol. The number of aromatic nitrogens is 1. The lowest BCUT2D eigenvalue weighted by atomic mass is 10.1. The maximum Gasteiger partial charge on any atom is 0.257 e. The van der Waals surface area contributed by atoms with Crippen molar-refractivity contribution in [3.63, 3.8) is 0 Å². The molecule has 1 aromatic carbocycles. The molecule has 0 saturated carbocycles. The summed E-state index contributed by atoms with van der Waals surface area (Å²) in [7, 11) is 0. The molecule has 1 N–H and O–H groups in total. The lowest BCUT2D eigenvalue weighted by molar-refractivity contribution is 0.102. The fourth-order valence-electron chi connectivity index (χ4n) is 2.85. The van der Waals surface area contributed by atoms with Crippen LogP contribution in [0.5, 0.6) is 0 Å². The predicted octanol–water partition coefficient (Wildman–Crippen LogP) is 3.55. The third-order valence-electron chi connectivity index (χ3n) is 4.09. The van der Waals surface area contributed by atoms with Gasteiger partial charge in [-0.2, -0.15) is 0 Å². The first-order chi connectivity index (χ1) is 10.6. The van der Waals surface area contributed by atoms with E-state index in [1.807, 2.05) is 38.2 Å². The number of carbonyl (C=O) groups excluding carboxylic acids is 1. The highest BCUT2D eigenvalue weighted by molar-refractivity contribution is 6.05. The highest BCUT2D eigenvalue weighted by Gasteiger charge is 2.15. The van der Waals surface area contributed by atoms with E-state index >= 15 is 0 Å². The van der Waals surface area contributed by atoms with Crippen molar-refractivity contribution in [3.05, 3.63) is 53.3 Å². The second-order valence-electron chi connectivity index (χ2n) is 5.90. The van der Waals surface area contributed by atoms with E-state index < -0.39 is 0 Å². The summed E-state index contributed by atoms with van der Waals surface area (Å²) in [4.78, 5) is 19.0. The molecule has 2 aromatic rings. The van der Waals surface area contributed by atoms with Crippen LogP contribution in [0, 0.1) is 13.8 Å². The smallest absolute Gasteiger partial charge is 0.257 e. The van der Waals surface area contributed by atoms with Crippen molar-refractivity contribution in [1.82, 2.24) is 4.98 Å². The van der Waals surface area contributed by atoms with Gasteiger partial charge in [-0.3, -0.25) is 9.78 Å². The van der Waals surface area contributed by atoms with Crippen molar-refractivity contribution in [1.29, 1.82) is 0 Å². The molecule has 4 heteroatoms. The number of aryl methyl sites for hydroxylation is 2. The van der Waals surface area contributed by atoms with E-state index in [4.69, 9.17) is 0 Å². The lowest BCUT2D eigenvalue weighted by Crippen LogP contribution is -2.19. The molecule has 4 nitrogen and oxygen atoms in total. The molecular weight excluding hydrogens is 274 g/mol. The molecule has 3 rings (SSSR count). The Morgan fingerprint density at radius 1 is 1.14 bits per heavy atom. The van der Waals surface area contributed by atoms with Gasteiger partial charge in [0.1, 0.15) is 0 Å². The Bertz CT molecular complexity index is 690. The molecule has 22 heavy (non-hydrogen) atoms. The molecule has 0 bridgehead atoms. The Labute approximate surface area is 131 Å². The maximum absolute atomic E-state index is 12.4. The van der Waals surface area contributed by atoms with E-state index in [9.17, 15) is 4.79 Å². The van der Waals surface area contributed by atoms with Crippen LogP contribution in [0.2, 0.25) is 0 Å². The van der Waals surface area contributed by atoms with Gasteiger partial charge in [0.2, 0.25) is 0 Å². The summed E-state index contributed by atoms with van der Waals surface area (Å²) < 4.78 is 0. The third-order valence-corrected chi connectivity index (χ3v) is 4.09. The first kappa shape index (κ1) is 14.6. The van der Waals surface area contributed by atoms with Gasteiger partial charge in [-0.25, -0.2) is 0 Å². The summed E-state index contributed by atoms with van der Waals surface area (Å²) in [6.07, 6.45) is 5.87. The summed E-state index contributed by atoms with van der Waals surface area (Å²) in [5.41, 5.74) is 4.74. The zero-order chi connectivity index (χ0) is 15.5. The predicted molar refractivity (Wildman–Crippen MR) is 89.6 cm³/mol. The van der Waals surface area contributed by atoms with Crippen LogP contribution in [0.3, 0.4) is 0 Å². The van der Waals surface area contributed by atoms with Crippen LogP contribution in [0.4, 0.5) is 11.4 Å². The van der Waals surface area contributed by atoms with E-state index in [0.29, 0.717) is 5.56 Å². The van der Waals surface area contributed by atoms with Gasteiger partial charge in [0, 0.05) is 25.0 Å². The first-order valence-electron chi connectivity index (χ1n) is 7.72. The molecule has 0 aliphatic carbocycles. The van der Waals surface area contributed by atoms with Crippen molar-refractivity contribution in [2.45, 2.75) is 26.7 Å². The fraction of sp³-hybridized carbons (Fsp3) is 0.333. The van der Waals surface area contributed by atoms with Crippen LogP contribution >= 0.6 is 0 Å². The van der Waals surface area contributed by atoms with Crippen molar-refractivity contribution in [3.8, 4) is 0 Å². The second kappa shape index (κ2) is 6.18. The van der Waals surface area contributed by atoms with Crippen molar-refractivity contribution in [2.24, 2.45) is 0 Å². The van der Waals surface area contributed by atoms with E-state index in [0.717, 1.165) is 30.0 Å². The summed E-state index contributed by atoms with van der Waals surface area (Å²) >= 11 is 0. The number of hydrogen-bond acceptors (Lipinski definition) is 3. The van der Waals surface area contributed by atoms with Gasteiger partial charge in [0.05, 0.1) is 17.4 Å². The summed E-state index contributed by atoms with van der Waals surface area (Å²) in [6.45, 7) is 6.14. The molecule has 1 saturated heterocycles. The third kappa shape index (κ3) is 3.11. The first-order valence-corrected chi connectivity index (χ1v) is 7.72. The summed E-state index contributed by atoms with van der Waals surface area (Å²) in [6, 6.07) is 7.94. The van der Waals surface area contributed by atoms with Gasteiger partial charge < -0.3 is 10.2 Å². The van der Waals surface area contributed by atoms with Gasteiger partial charge in [-0.1, -0.05) is 17.7 Å². The number of amides is 1. The second-order valence-corrected chi connectivity index (χ2v) is 5.90. The Balaban J connectivity index is 1.78. The van der Waals surface area contributed by atoms with Gasteiger partial charge >= 0.3 is 0 Å². The SMILES string of the molecule is Cc1ccc(NC(=O)c2cncc(N3CCCC3)c2)c(C)c1. The normalized spacial score (nSPS) is 14.2. The number of carbonyl (C=O) groups is 1. The largest absolute Gasteiger partial charge is 0.370 e. The highest BCUT2D eigenvalue weighted by Crippen LogP contribution is 2.21. The molecule has 0 unspecified atom stereocenters. The minimum atomic E-state index is -0.111. The molecule has 0 atom stereocenters. The molecule has 1 aliphatic rings. The molecule has 1 aromatic heterocycles. The van der Waals surface area contributed by atoms with E-state index in [1.54, 1.807) is 6.20 Å². The molecule has 0 spiro atoms. The van der Waals surface area contributed by atoms with E-state index in [1.165, 1.54) is 18.4 Å². The average Bonchev–Trinajstić information content (AvgIpc) is 3.04. The quantitative estimate of drug-likeness (QED) is 0.942. The van der Waals surface area contributed by atoms with Crippen molar-refractivity contribution >= 4 is 17.3 Å². The minimum Gasteiger partial charge on any atom is -0.370 e. The van der Waals surface area contributed by atoms with Crippen LogP contribution in [0.25, 0.3) is 0 Å². The van der Waals surface area contributed by atoms with Crippen LogP contribution in [0.1, 0.15) is 34.3 Å². The topological polar surface area (TPSA) is 45.2 Å². The zero-order valence-corrected chi connectivity index (χ0v) is 13.1. The highest BCUT2D eigenvalue weighted by atomic mass is 16.1. The number of benzene rings is 1.